The molecule has 26 heavy (non-hydrogen) atoms. The van der Waals surface area contributed by atoms with Gasteiger partial charge in [0.25, 0.3) is 5.91 Å². The summed E-state index contributed by atoms with van der Waals surface area (Å²) in [7, 11) is -0.647. The molecule has 0 aromatic heterocycles. The van der Waals surface area contributed by atoms with Gasteiger partial charge in [-0.2, -0.15) is 0 Å². The molecule has 0 aliphatic rings. The molecule has 2 aromatic carbocycles. The minimum absolute atomic E-state index is 0.114. The van der Waals surface area contributed by atoms with Crippen molar-refractivity contribution < 1.29 is 18.0 Å². The Morgan fingerprint density at radius 1 is 0.962 bits per heavy atom. The van der Waals surface area contributed by atoms with E-state index >= 15 is 0 Å². The van der Waals surface area contributed by atoms with Gasteiger partial charge in [-0.3, -0.25) is 9.59 Å². The Balaban J connectivity index is 2.13. The fourth-order valence-corrected chi connectivity index (χ4v) is 3.02. The van der Waals surface area contributed by atoms with Crippen LogP contribution in [0, 0.1) is 0 Å². The third-order valence-electron chi connectivity index (χ3n) is 3.62. The van der Waals surface area contributed by atoms with Crippen molar-refractivity contribution >= 4 is 33.2 Å². The summed E-state index contributed by atoms with van der Waals surface area (Å²) in [4.78, 5) is 23.9. The van der Waals surface area contributed by atoms with Crippen molar-refractivity contribution in [1.29, 1.82) is 0 Å². The van der Waals surface area contributed by atoms with Gasteiger partial charge in [-0.1, -0.05) is 13.0 Å². The number of hydrogen-bond acceptors (Lipinski definition) is 4. The molecule has 7 nitrogen and oxygen atoms in total. The van der Waals surface area contributed by atoms with Gasteiger partial charge < -0.3 is 10.6 Å². The van der Waals surface area contributed by atoms with E-state index in [1.54, 1.807) is 31.2 Å². The van der Waals surface area contributed by atoms with E-state index in [9.17, 15) is 18.0 Å². The highest BCUT2D eigenvalue weighted by molar-refractivity contribution is 7.89. The molecule has 0 atom stereocenters. The van der Waals surface area contributed by atoms with Gasteiger partial charge >= 0.3 is 0 Å². The number of amides is 2. The third-order valence-corrected chi connectivity index (χ3v) is 5.45. The molecule has 0 aliphatic carbocycles. The summed E-state index contributed by atoms with van der Waals surface area (Å²) in [5.74, 6) is -0.496. The second kappa shape index (κ2) is 8.11. The van der Waals surface area contributed by atoms with Gasteiger partial charge in [0.1, 0.15) is 0 Å². The number of anilines is 2. The average molecular weight is 375 g/mol. The first-order chi connectivity index (χ1) is 12.2. The lowest BCUT2D eigenvalue weighted by Gasteiger charge is -2.12. The molecule has 2 rings (SSSR count). The van der Waals surface area contributed by atoms with Crippen LogP contribution in [0.4, 0.5) is 11.4 Å². The number of sulfonamides is 1. The van der Waals surface area contributed by atoms with Gasteiger partial charge in [0.05, 0.1) is 4.90 Å². The quantitative estimate of drug-likeness (QED) is 0.811. The van der Waals surface area contributed by atoms with Crippen LogP contribution in [0.2, 0.25) is 0 Å². The van der Waals surface area contributed by atoms with Crippen molar-refractivity contribution in [3.63, 3.8) is 0 Å². The number of hydrogen-bond donors (Lipinski definition) is 2. The SMILES string of the molecule is CCC(=O)Nc1cccc(NC(=O)c2ccc(S(=O)(=O)N(C)C)cc2)c1. The van der Waals surface area contributed by atoms with Crippen LogP contribution in [0.25, 0.3) is 0 Å². The Morgan fingerprint density at radius 2 is 1.54 bits per heavy atom. The van der Waals surface area contributed by atoms with Crippen LogP contribution in [-0.4, -0.2) is 38.6 Å². The Kier molecular flexibility index (Phi) is 6.12. The minimum Gasteiger partial charge on any atom is -0.326 e. The second-order valence-corrected chi connectivity index (χ2v) is 7.90. The molecule has 0 saturated carbocycles. The van der Waals surface area contributed by atoms with Crippen LogP contribution in [-0.2, 0) is 14.8 Å². The number of benzene rings is 2. The third kappa shape index (κ3) is 4.68. The molecule has 0 radical (unpaired) electrons. The highest BCUT2D eigenvalue weighted by atomic mass is 32.2. The maximum absolute atomic E-state index is 12.3. The summed E-state index contributed by atoms with van der Waals surface area (Å²) < 4.78 is 25.2. The van der Waals surface area contributed by atoms with E-state index in [1.807, 2.05) is 0 Å². The van der Waals surface area contributed by atoms with E-state index in [-0.39, 0.29) is 16.7 Å². The van der Waals surface area contributed by atoms with Crippen molar-refractivity contribution in [2.75, 3.05) is 24.7 Å². The van der Waals surface area contributed by atoms with Crippen LogP contribution in [0.15, 0.2) is 53.4 Å². The molecule has 2 amide bonds. The van der Waals surface area contributed by atoms with Crippen molar-refractivity contribution in [1.82, 2.24) is 4.31 Å². The normalized spacial score (nSPS) is 11.2. The summed E-state index contributed by atoms with van der Waals surface area (Å²) in [6, 6.07) is 12.5. The van der Waals surface area contributed by atoms with E-state index in [0.717, 1.165) is 4.31 Å². The summed E-state index contributed by atoms with van der Waals surface area (Å²) in [5.41, 5.74) is 1.43. The topological polar surface area (TPSA) is 95.6 Å². The van der Waals surface area contributed by atoms with Crippen LogP contribution in [0.5, 0.6) is 0 Å². The lowest BCUT2D eigenvalue weighted by Crippen LogP contribution is -2.22. The first-order valence-corrected chi connectivity index (χ1v) is 9.42. The molecule has 8 heteroatoms. The highest BCUT2D eigenvalue weighted by Gasteiger charge is 2.17. The zero-order valence-corrected chi connectivity index (χ0v) is 15.6. The molecule has 0 aliphatic heterocycles. The van der Waals surface area contributed by atoms with Crippen LogP contribution in [0.1, 0.15) is 23.7 Å². The standard InChI is InChI=1S/C18H21N3O4S/c1-4-17(22)19-14-6-5-7-15(12-14)20-18(23)13-8-10-16(11-9-13)26(24,25)21(2)3/h5-12H,4H2,1-3H3,(H,19,22)(H,20,23). The lowest BCUT2D eigenvalue weighted by atomic mass is 10.2. The van der Waals surface area contributed by atoms with Gasteiger partial charge in [0.15, 0.2) is 0 Å². The van der Waals surface area contributed by atoms with Gasteiger partial charge in [-0.15, -0.1) is 0 Å². The summed E-state index contributed by atoms with van der Waals surface area (Å²) in [6.45, 7) is 1.75. The van der Waals surface area contributed by atoms with Crippen molar-refractivity contribution in [3.05, 3.63) is 54.1 Å². The molecular formula is C18H21N3O4S. The number of carbonyl (C=O) groups excluding carboxylic acids is 2. The second-order valence-electron chi connectivity index (χ2n) is 5.75. The molecule has 0 bridgehead atoms. The van der Waals surface area contributed by atoms with Crippen molar-refractivity contribution in [2.45, 2.75) is 18.2 Å². The van der Waals surface area contributed by atoms with Gasteiger partial charge in [0.2, 0.25) is 15.9 Å². The maximum atomic E-state index is 12.3. The Labute approximate surface area is 153 Å². The highest BCUT2D eigenvalue weighted by Crippen LogP contribution is 2.18. The van der Waals surface area contributed by atoms with Gasteiger partial charge in [-0.25, -0.2) is 12.7 Å². The first kappa shape index (κ1) is 19.6. The van der Waals surface area contributed by atoms with E-state index in [1.165, 1.54) is 38.4 Å². The van der Waals surface area contributed by atoms with Crippen LogP contribution >= 0.6 is 0 Å². The molecular weight excluding hydrogens is 354 g/mol. The van der Waals surface area contributed by atoms with Crippen LogP contribution < -0.4 is 10.6 Å². The average Bonchev–Trinajstić information content (AvgIpc) is 2.61. The number of nitrogens with zero attached hydrogens (tertiary/aromatic N) is 1. The van der Waals surface area contributed by atoms with Crippen molar-refractivity contribution in [2.24, 2.45) is 0 Å². The summed E-state index contributed by atoms with van der Waals surface area (Å²) in [6.07, 6.45) is 0.360. The molecule has 2 N–H and O–H groups in total. The first-order valence-electron chi connectivity index (χ1n) is 7.98. The molecule has 138 valence electrons. The van der Waals surface area contributed by atoms with E-state index in [4.69, 9.17) is 0 Å². The Bertz CT molecular complexity index is 906. The van der Waals surface area contributed by atoms with E-state index in [2.05, 4.69) is 10.6 Å². The zero-order valence-electron chi connectivity index (χ0n) is 14.8. The van der Waals surface area contributed by atoms with Gasteiger partial charge in [0, 0.05) is 37.5 Å². The largest absolute Gasteiger partial charge is 0.326 e. The predicted molar refractivity (Wildman–Crippen MR) is 101 cm³/mol. The fourth-order valence-electron chi connectivity index (χ4n) is 2.12. The Morgan fingerprint density at radius 3 is 2.08 bits per heavy atom. The van der Waals surface area contributed by atoms with E-state index in [0.29, 0.717) is 23.4 Å². The monoisotopic (exact) mass is 375 g/mol. The summed E-state index contributed by atoms with van der Waals surface area (Å²) in [5, 5.41) is 5.44. The zero-order chi connectivity index (χ0) is 19.3. The molecule has 0 heterocycles. The number of carbonyl (C=O) groups is 2. The number of nitrogens with one attached hydrogen (secondary N) is 2. The molecule has 0 spiro atoms. The number of rotatable bonds is 6. The Hall–Kier alpha value is -2.71. The molecule has 0 saturated heterocycles. The molecule has 2 aromatic rings. The molecule has 0 fully saturated rings. The summed E-state index contributed by atoms with van der Waals surface area (Å²) >= 11 is 0. The minimum atomic E-state index is -3.54. The smallest absolute Gasteiger partial charge is 0.255 e. The maximum Gasteiger partial charge on any atom is 0.255 e. The van der Waals surface area contributed by atoms with Crippen LogP contribution in [0.3, 0.4) is 0 Å². The fraction of sp³-hybridized carbons (Fsp3) is 0.222. The van der Waals surface area contributed by atoms with Crippen molar-refractivity contribution in [3.8, 4) is 0 Å². The van der Waals surface area contributed by atoms with Gasteiger partial charge in [-0.05, 0) is 42.5 Å². The van der Waals surface area contributed by atoms with E-state index < -0.39 is 10.0 Å². The lowest BCUT2D eigenvalue weighted by molar-refractivity contribution is -0.115. The predicted octanol–water partition coefficient (Wildman–Crippen LogP) is 2.54. The molecule has 0 unspecified atom stereocenters.